The number of benzene rings is 2. The van der Waals surface area contributed by atoms with Crippen LogP contribution in [0.25, 0.3) is 0 Å². The number of carbonyl (C=O) groups excluding carboxylic acids is 1. The van der Waals surface area contributed by atoms with E-state index in [1.807, 2.05) is 0 Å². The van der Waals surface area contributed by atoms with Gasteiger partial charge in [-0.2, -0.15) is 0 Å². The third-order valence-electron chi connectivity index (χ3n) is 3.33. The van der Waals surface area contributed by atoms with E-state index in [4.69, 9.17) is 10.2 Å². The van der Waals surface area contributed by atoms with Crippen LogP contribution in [0.5, 0.6) is 0 Å². The van der Waals surface area contributed by atoms with E-state index in [0.29, 0.717) is 0 Å². The molecule has 0 fully saturated rings. The Kier molecular flexibility index (Phi) is 6.00. The average Bonchev–Trinajstić information content (AvgIpc) is 2.62. The first kappa shape index (κ1) is 19.3. The van der Waals surface area contributed by atoms with Crippen molar-refractivity contribution in [3.8, 4) is 0 Å². The minimum atomic E-state index is -1.23. The predicted molar refractivity (Wildman–Crippen MR) is 92.6 cm³/mol. The molecule has 2 aromatic carbocycles. The Bertz CT molecular complexity index is 944. The normalized spacial score (nSPS) is 11.7. The maximum Gasteiger partial charge on any atom is 0.337 e. The lowest BCUT2D eigenvalue weighted by molar-refractivity contribution is -0.303. The number of hydrogen-bond acceptors (Lipinski definition) is 6. The van der Waals surface area contributed by atoms with E-state index in [-0.39, 0.29) is 22.5 Å². The summed E-state index contributed by atoms with van der Waals surface area (Å²) >= 11 is 0. The SMILES string of the molecule is CC([O-])=C(N=Nc1ccccc1C(=O)O)C(=O)Nc1ccc(C(=O)O)cc1. The molecule has 0 heterocycles. The van der Waals surface area contributed by atoms with Crippen molar-refractivity contribution in [2.24, 2.45) is 10.2 Å². The van der Waals surface area contributed by atoms with Gasteiger partial charge in [0.25, 0.3) is 5.91 Å². The number of rotatable bonds is 6. The zero-order valence-electron chi connectivity index (χ0n) is 14.0. The number of aromatic carboxylic acids is 2. The molecule has 0 aliphatic heterocycles. The van der Waals surface area contributed by atoms with Gasteiger partial charge in [0.15, 0.2) is 0 Å². The molecular formula is C18H14N3O6-. The van der Waals surface area contributed by atoms with Gasteiger partial charge in [0.2, 0.25) is 0 Å². The number of nitrogens with one attached hydrogen (secondary N) is 1. The monoisotopic (exact) mass is 368 g/mol. The minimum Gasteiger partial charge on any atom is -0.874 e. The van der Waals surface area contributed by atoms with Crippen LogP contribution < -0.4 is 10.4 Å². The van der Waals surface area contributed by atoms with E-state index in [0.717, 1.165) is 6.92 Å². The molecule has 9 heteroatoms. The van der Waals surface area contributed by atoms with Crippen LogP contribution in [0.15, 0.2) is 70.2 Å². The summed E-state index contributed by atoms with van der Waals surface area (Å²) < 4.78 is 0. The molecule has 0 unspecified atom stereocenters. The Labute approximate surface area is 153 Å². The second kappa shape index (κ2) is 8.39. The second-order valence-electron chi connectivity index (χ2n) is 5.26. The summed E-state index contributed by atoms with van der Waals surface area (Å²) in [6.45, 7) is 1.12. The van der Waals surface area contributed by atoms with E-state index < -0.39 is 29.3 Å². The van der Waals surface area contributed by atoms with Crippen LogP contribution in [-0.2, 0) is 4.79 Å². The van der Waals surface area contributed by atoms with Gasteiger partial charge in [0, 0.05) is 5.69 Å². The fourth-order valence-electron chi connectivity index (χ4n) is 2.01. The zero-order valence-corrected chi connectivity index (χ0v) is 14.0. The molecule has 0 aliphatic rings. The third-order valence-corrected chi connectivity index (χ3v) is 3.33. The number of allylic oxidation sites excluding steroid dienone is 1. The van der Waals surface area contributed by atoms with E-state index >= 15 is 0 Å². The largest absolute Gasteiger partial charge is 0.874 e. The molecule has 1 amide bonds. The quantitative estimate of drug-likeness (QED) is 0.404. The average molecular weight is 368 g/mol. The number of anilines is 1. The third kappa shape index (κ3) is 4.98. The van der Waals surface area contributed by atoms with E-state index in [2.05, 4.69) is 15.5 Å². The smallest absolute Gasteiger partial charge is 0.337 e. The van der Waals surface area contributed by atoms with Crippen LogP contribution in [0.2, 0.25) is 0 Å². The Balaban J connectivity index is 2.23. The number of carboxylic acids is 2. The summed E-state index contributed by atoms with van der Waals surface area (Å²) in [5.41, 5.74) is -0.382. The summed E-state index contributed by atoms with van der Waals surface area (Å²) in [5.74, 6) is -3.88. The van der Waals surface area contributed by atoms with Crippen molar-refractivity contribution in [2.75, 3.05) is 5.32 Å². The first-order valence-electron chi connectivity index (χ1n) is 7.56. The minimum absolute atomic E-state index is 0.0117. The highest BCUT2D eigenvalue weighted by Crippen LogP contribution is 2.21. The van der Waals surface area contributed by atoms with Crippen molar-refractivity contribution < 1.29 is 29.7 Å². The lowest BCUT2D eigenvalue weighted by Crippen LogP contribution is -2.18. The van der Waals surface area contributed by atoms with Crippen LogP contribution in [0.3, 0.4) is 0 Å². The van der Waals surface area contributed by atoms with Crippen molar-refractivity contribution in [3.63, 3.8) is 0 Å². The lowest BCUT2D eigenvalue weighted by atomic mass is 10.2. The number of azo groups is 1. The van der Waals surface area contributed by atoms with Gasteiger partial charge in [-0.15, -0.1) is 16.0 Å². The molecular weight excluding hydrogens is 354 g/mol. The Morgan fingerprint density at radius 1 is 0.963 bits per heavy atom. The molecule has 0 atom stereocenters. The summed E-state index contributed by atoms with van der Waals surface area (Å²) in [5, 5.41) is 39.4. The van der Waals surface area contributed by atoms with Gasteiger partial charge in [-0.3, -0.25) is 4.79 Å². The molecule has 27 heavy (non-hydrogen) atoms. The van der Waals surface area contributed by atoms with Crippen LogP contribution in [0, 0.1) is 0 Å². The molecule has 138 valence electrons. The van der Waals surface area contributed by atoms with E-state index in [1.54, 1.807) is 0 Å². The number of carbonyl (C=O) groups is 3. The number of carboxylic acid groups (broad SMARTS) is 2. The van der Waals surface area contributed by atoms with Crippen LogP contribution >= 0.6 is 0 Å². The lowest BCUT2D eigenvalue weighted by Gasteiger charge is -2.11. The first-order chi connectivity index (χ1) is 12.8. The summed E-state index contributed by atoms with van der Waals surface area (Å²) in [4.78, 5) is 34.2. The van der Waals surface area contributed by atoms with Crippen molar-refractivity contribution in [2.45, 2.75) is 6.92 Å². The van der Waals surface area contributed by atoms with Gasteiger partial charge < -0.3 is 20.6 Å². The number of nitrogens with zero attached hydrogens (tertiary/aromatic N) is 2. The first-order valence-corrected chi connectivity index (χ1v) is 7.56. The summed E-state index contributed by atoms with van der Waals surface area (Å²) in [6, 6.07) is 11.0. The molecule has 0 radical (unpaired) electrons. The van der Waals surface area contributed by atoms with Crippen molar-refractivity contribution >= 4 is 29.2 Å². The highest BCUT2D eigenvalue weighted by atomic mass is 16.4. The molecule has 2 rings (SSSR count). The Morgan fingerprint density at radius 3 is 2.15 bits per heavy atom. The predicted octanol–water partition coefficient (Wildman–Crippen LogP) is 2.40. The second-order valence-corrected chi connectivity index (χ2v) is 5.26. The maximum atomic E-state index is 12.3. The van der Waals surface area contributed by atoms with Crippen molar-refractivity contribution in [3.05, 3.63) is 71.1 Å². The molecule has 0 aromatic heterocycles. The summed E-state index contributed by atoms with van der Waals surface area (Å²) in [6.07, 6.45) is 0. The van der Waals surface area contributed by atoms with Crippen molar-refractivity contribution in [1.29, 1.82) is 0 Å². The topological polar surface area (TPSA) is 151 Å². The highest BCUT2D eigenvalue weighted by molar-refractivity contribution is 6.04. The van der Waals surface area contributed by atoms with Crippen LogP contribution in [-0.4, -0.2) is 28.1 Å². The van der Waals surface area contributed by atoms with Gasteiger partial charge in [-0.25, -0.2) is 9.59 Å². The fraction of sp³-hybridized carbons (Fsp3) is 0.0556. The van der Waals surface area contributed by atoms with E-state index in [1.165, 1.54) is 48.5 Å². The Hall–Kier alpha value is -4.01. The molecule has 0 saturated carbocycles. The maximum absolute atomic E-state index is 12.3. The van der Waals surface area contributed by atoms with Crippen LogP contribution in [0.1, 0.15) is 27.6 Å². The molecule has 2 aromatic rings. The molecule has 0 bridgehead atoms. The van der Waals surface area contributed by atoms with Crippen LogP contribution in [0.4, 0.5) is 11.4 Å². The standard InChI is InChI=1S/C18H15N3O6/c1-10(22)15(21-20-14-5-3-2-4-13(14)18(26)27)16(23)19-12-8-6-11(7-9-12)17(24)25/h2-9,22H,1H3,(H,19,23)(H,24,25)(H,26,27)/p-1. The molecule has 9 nitrogen and oxygen atoms in total. The van der Waals surface area contributed by atoms with Crippen molar-refractivity contribution in [1.82, 2.24) is 0 Å². The summed E-state index contributed by atoms with van der Waals surface area (Å²) in [7, 11) is 0. The number of amides is 1. The molecule has 3 N–H and O–H groups in total. The van der Waals surface area contributed by atoms with Gasteiger partial charge in [-0.1, -0.05) is 19.1 Å². The van der Waals surface area contributed by atoms with Gasteiger partial charge in [-0.05, 0) is 36.4 Å². The Morgan fingerprint density at radius 2 is 1.59 bits per heavy atom. The molecule has 0 aliphatic carbocycles. The van der Waals surface area contributed by atoms with Gasteiger partial charge in [0.05, 0.1) is 11.1 Å². The molecule has 0 saturated heterocycles. The fourth-order valence-corrected chi connectivity index (χ4v) is 2.01. The van der Waals surface area contributed by atoms with Gasteiger partial charge in [0.1, 0.15) is 11.4 Å². The zero-order chi connectivity index (χ0) is 20.0. The van der Waals surface area contributed by atoms with E-state index in [9.17, 15) is 19.5 Å². The highest BCUT2D eigenvalue weighted by Gasteiger charge is 2.12. The van der Waals surface area contributed by atoms with Gasteiger partial charge >= 0.3 is 11.9 Å². The molecule has 0 spiro atoms. The number of hydrogen-bond donors (Lipinski definition) is 3.